The van der Waals surface area contributed by atoms with E-state index < -0.39 is 17.7 Å². The predicted molar refractivity (Wildman–Crippen MR) is 128 cm³/mol. The number of fused-ring (bicyclic) bond motifs is 1. The van der Waals surface area contributed by atoms with Crippen LogP contribution in [0, 0.1) is 0 Å². The highest BCUT2D eigenvalue weighted by atomic mass is 16.5. The van der Waals surface area contributed by atoms with E-state index in [1.54, 1.807) is 55.8 Å². The summed E-state index contributed by atoms with van der Waals surface area (Å²) in [6, 6.07) is 19.1. The Morgan fingerprint density at radius 2 is 1.88 bits per heavy atom. The molecule has 0 radical (unpaired) electrons. The minimum absolute atomic E-state index is 0.0514. The fourth-order valence-electron chi connectivity index (χ4n) is 4.44. The van der Waals surface area contributed by atoms with Crippen molar-refractivity contribution in [1.82, 2.24) is 14.9 Å². The second kappa shape index (κ2) is 8.86. The predicted octanol–water partition coefficient (Wildman–Crippen LogP) is 4.24. The van der Waals surface area contributed by atoms with E-state index in [1.165, 1.54) is 4.90 Å². The zero-order valence-corrected chi connectivity index (χ0v) is 18.6. The lowest BCUT2D eigenvalue weighted by Gasteiger charge is -2.24. The number of amides is 1. The largest absolute Gasteiger partial charge is 0.507 e. The molecule has 0 spiro atoms. The third kappa shape index (κ3) is 3.71. The van der Waals surface area contributed by atoms with Crippen molar-refractivity contribution in [3.05, 3.63) is 102 Å². The molecule has 2 aromatic heterocycles. The van der Waals surface area contributed by atoms with Gasteiger partial charge in [-0.25, -0.2) is 0 Å². The molecular weight excluding hydrogens is 430 g/mol. The molecule has 4 aromatic rings. The van der Waals surface area contributed by atoms with Crippen molar-refractivity contribution in [2.45, 2.75) is 12.5 Å². The number of aliphatic hydroxyl groups excluding tert-OH is 1. The molecule has 1 aliphatic rings. The Hall–Kier alpha value is -4.39. The number of nitrogens with zero attached hydrogens (tertiary/aromatic N) is 2. The number of aliphatic hydroxyl groups is 1. The number of rotatable bonds is 6. The van der Waals surface area contributed by atoms with E-state index in [4.69, 9.17) is 4.74 Å². The monoisotopic (exact) mass is 453 g/mol. The lowest BCUT2D eigenvalue weighted by atomic mass is 9.98. The van der Waals surface area contributed by atoms with Gasteiger partial charge >= 0.3 is 0 Å². The first kappa shape index (κ1) is 21.5. The summed E-state index contributed by atoms with van der Waals surface area (Å²) in [4.78, 5) is 35.4. The molecule has 1 amide bonds. The molecule has 7 nitrogen and oxygen atoms in total. The van der Waals surface area contributed by atoms with Crippen LogP contribution in [0.1, 0.15) is 22.9 Å². The molecule has 3 heterocycles. The Morgan fingerprint density at radius 3 is 2.62 bits per heavy atom. The number of ether oxygens (including phenoxy) is 1. The normalized spacial score (nSPS) is 17.4. The first-order valence-corrected chi connectivity index (χ1v) is 11.0. The van der Waals surface area contributed by atoms with Crippen molar-refractivity contribution in [1.29, 1.82) is 0 Å². The molecule has 34 heavy (non-hydrogen) atoms. The van der Waals surface area contributed by atoms with E-state index >= 15 is 0 Å². The van der Waals surface area contributed by atoms with Crippen LogP contribution in [-0.2, 0) is 16.0 Å². The number of Topliss-reactive ketones (excluding diaryl/α,β-unsaturated/α-hetero) is 1. The number of likely N-dealkylation sites (tertiary alicyclic amines) is 1. The topological polar surface area (TPSA) is 95.5 Å². The average Bonchev–Trinajstić information content (AvgIpc) is 3.40. The highest BCUT2D eigenvalue weighted by Crippen LogP contribution is 2.38. The Kier molecular flexibility index (Phi) is 5.59. The average molecular weight is 453 g/mol. The maximum Gasteiger partial charge on any atom is 0.295 e. The number of carbonyl (C=O) groups is 2. The van der Waals surface area contributed by atoms with E-state index in [1.807, 2.05) is 30.5 Å². The van der Waals surface area contributed by atoms with Crippen LogP contribution in [0.2, 0.25) is 0 Å². The SMILES string of the molecule is COc1ccc2[nH]cc(CCN3C(=O)C(=O)C(=C(O)c4ccccc4)[C@@H]3c3ccccn3)c2c1. The third-order valence-electron chi connectivity index (χ3n) is 6.15. The highest BCUT2D eigenvalue weighted by Gasteiger charge is 2.46. The standard InChI is InChI=1S/C27H23N3O4/c1-34-19-10-11-21-20(15-19)18(16-29-21)12-14-30-24(22-9-5-6-13-28-22)23(26(32)27(30)33)25(31)17-7-3-2-4-8-17/h2-11,13,15-16,24,29,31H,12,14H2,1H3/t24-/m0/s1. The van der Waals surface area contributed by atoms with Gasteiger partial charge in [-0.1, -0.05) is 36.4 Å². The van der Waals surface area contributed by atoms with Gasteiger partial charge in [-0.15, -0.1) is 0 Å². The lowest BCUT2D eigenvalue weighted by Crippen LogP contribution is -2.32. The minimum atomic E-state index is -0.777. The number of methoxy groups -OCH3 is 1. The molecule has 1 saturated heterocycles. The summed E-state index contributed by atoms with van der Waals surface area (Å²) in [6.07, 6.45) is 4.03. The van der Waals surface area contributed by atoms with Crippen molar-refractivity contribution in [2.75, 3.05) is 13.7 Å². The molecule has 170 valence electrons. The smallest absolute Gasteiger partial charge is 0.295 e. The number of aromatic nitrogens is 2. The van der Waals surface area contributed by atoms with Gasteiger partial charge in [-0.05, 0) is 42.3 Å². The summed E-state index contributed by atoms with van der Waals surface area (Å²) < 4.78 is 5.35. The van der Waals surface area contributed by atoms with E-state index in [9.17, 15) is 14.7 Å². The van der Waals surface area contributed by atoms with Crippen molar-refractivity contribution < 1.29 is 19.4 Å². The number of hydrogen-bond donors (Lipinski definition) is 2. The summed E-state index contributed by atoms with van der Waals surface area (Å²) >= 11 is 0. The molecule has 1 atom stereocenters. The Balaban J connectivity index is 1.54. The Labute approximate surface area is 196 Å². The van der Waals surface area contributed by atoms with E-state index in [2.05, 4.69) is 9.97 Å². The van der Waals surface area contributed by atoms with Crippen LogP contribution in [0.5, 0.6) is 5.75 Å². The molecule has 0 bridgehead atoms. The third-order valence-corrected chi connectivity index (χ3v) is 6.15. The molecule has 1 fully saturated rings. The van der Waals surface area contributed by atoms with Crippen LogP contribution in [0.4, 0.5) is 0 Å². The molecule has 2 aromatic carbocycles. The number of carbonyl (C=O) groups excluding carboxylic acids is 2. The first-order chi connectivity index (χ1) is 16.6. The summed E-state index contributed by atoms with van der Waals surface area (Å²) in [6.45, 7) is 0.279. The molecule has 5 rings (SSSR count). The highest BCUT2D eigenvalue weighted by molar-refractivity contribution is 6.46. The van der Waals surface area contributed by atoms with E-state index in [-0.39, 0.29) is 17.9 Å². The molecule has 7 heteroatoms. The van der Waals surface area contributed by atoms with Crippen LogP contribution >= 0.6 is 0 Å². The van der Waals surface area contributed by atoms with Crippen LogP contribution in [0.15, 0.2) is 84.7 Å². The first-order valence-electron chi connectivity index (χ1n) is 11.0. The van der Waals surface area contributed by atoms with Crippen molar-refractivity contribution >= 4 is 28.4 Å². The van der Waals surface area contributed by atoms with Gasteiger partial charge < -0.3 is 19.7 Å². The maximum absolute atomic E-state index is 13.1. The summed E-state index contributed by atoms with van der Waals surface area (Å²) in [7, 11) is 1.62. The minimum Gasteiger partial charge on any atom is -0.507 e. The molecule has 0 aliphatic carbocycles. The summed E-state index contributed by atoms with van der Waals surface area (Å²) in [5.74, 6) is -0.817. The second-order valence-corrected chi connectivity index (χ2v) is 8.09. The van der Waals surface area contributed by atoms with Gasteiger partial charge in [0.15, 0.2) is 0 Å². The van der Waals surface area contributed by atoms with Gasteiger partial charge in [0.2, 0.25) is 0 Å². The van der Waals surface area contributed by atoms with E-state index in [0.29, 0.717) is 17.7 Å². The zero-order chi connectivity index (χ0) is 23.7. The molecule has 0 saturated carbocycles. The quantitative estimate of drug-likeness (QED) is 0.259. The number of aromatic amines is 1. The molecule has 0 unspecified atom stereocenters. The number of benzene rings is 2. The fourth-order valence-corrected chi connectivity index (χ4v) is 4.44. The van der Waals surface area contributed by atoms with Crippen molar-refractivity contribution in [3.63, 3.8) is 0 Å². The van der Waals surface area contributed by atoms with Gasteiger partial charge in [-0.2, -0.15) is 0 Å². The van der Waals surface area contributed by atoms with Crippen LogP contribution < -0.4 is 4.74 Å². The number of ketones is 1. The Morgan fingerprint density at radius 1 is 1.09 bits per heavy atom. The van der Waals surface area contributed by atoms with Crippen LogP contribution in [-0.4, -0.2) is 45.3 Å². The number of H-pyrrole nitrogens is 1. The van der Waals surface area contributed by atoms with Gasteiger partial charge in [0, 0.05) is 35.4 Å². The van der Waals surface area contributed by atoms with Crippen LogP contribution in [0.3, 0.4) is 0 Å². The molecule has 1 aliphatic heterocycles. The molecule has 2 N–H and O–H groups in total. The van der Waals surface area contributed by atoms with Crippen molar-refractivity contribution in [3.8, 4) is 5.75 Å². The van der Waals surface area contributed by atoms with E-state index in [0.717, 1.165) is 22.2 Å². The Bertz CT molecular complexity index is 1390. The van der Waals surface area contributed by atoms with Gasteiger partial charge in [0.05, 0.1) is 18.4 Å². The van der Waals surface area contributed by atoms with Crippen LogP contribution in [0.25, 0.3) is 16.7 Å². The lowest BCUT2D eigenvalue weighted by molar-refractivity contribution is -0.139. The van der Waals surface area contributed by atoms with Gasteiger partial charge in [0.25, 0.3) is 11.7 Å². The molecular formula is C27H23N3O4. The maximum atomic E-state index is 13.1. The summed E-state index contributed by atoms with van der Waals surface area (Å²) in [5, 5.41) is 12.0. The number of pyridine rings is 1. The summed E-state index contributed by atoms with van der Waals surface area (Å²) in [5.41, 5.74) is 3.02. The second-order valence-electron chi connectivity index (χ2n) is 8.09. The number of hydrogen-bond acceptors (Lipinski definition) is 5. The zero-order valence-electron chi connectivity index (χ0n) is 18.6. The van der Waals surface area contributed by atoms with Crippen molar-refractivity contribution in [2.24, 2.45) is 0 Å². The number of nitrogens with one attached hydrogen (secondary N) is 1. The van der Waals surface area contributed by atoms with Gasteiger partial charge in [0.1, 0.15) is 17.6 Å². The fraction of sp³-hybridized carbons (Fsp3) is 0.148. The van der Waals surface area contributed by atoms with Gasteiger partial charge in [-0.3, -0.25) is 14.6 Å².